The van der Waals surface area contributed by atoms with Crippen LogP contribution in [0.25, 0.3) is 11.0 Å². The van der Waals surface area contributed by atoms with Gasteiger partial charge in [-0.1, -0.05) is 37.6 Å². The van der Waals surface area contributed by atoms with E-state index in [2.05, 4.69) is 6.92 Å². The van der Waals surface area contributed by atoms with Crippen LogP contribution in [0.5, 0.6) is 5.75 Å². The fourth-order valence-corrected chi connectivity index (χ4v) is 4.00. The van der Waals surface area contributed by atoms with E-state index in [1.165, 1.54) is 0 Å². The van der Waals surface area contributed by atoms with Crippen LogP contribution >= 0.6 is 0 Å². The van der Waals surface area contributed by atoms with Gasteiger partial charge in [0.1, 0.15) is 11.3 Å². The molecule has 0 spiro atoms. The SMILES string of the molecule is CCCCOc1ccc([C@H]2c3c(oc4ccccc4c3=O)C(=O)N2CCCOC)cc1. The third-order valence-corrected chi connectivity index (χ3v) is 5.58. The predicted octanol–water partition coefficient (Wildman–Crippen LogP) is 4.55. The molecule has 2 heterocycles. The highest BCUT2D eigenvalue weighted by Gasteiger charge is 2.42. The highest BCUT2D eigenvalue weighted by molar-refractivity contribution is 5.99. The van der Waals surface area contributed by atoms with Gasteiger partial charge in [-0.05, 0) is 42.7 Å². The summed E-state index contributed by atoms with van der Waals surface area (Å²) < 4.78 is 16.9. The molecule has 31 heavy (non-hydrogen) atoms. The molecule has 0 fully saturated rings. The molecule has 1 amide bonds. The van der Waals surface area contributed by atoms with Crippen molar-refractivity contribution in [3.63, 3.8) is 0 Å². The molecule has 0 bridgehead atoms. The van der Waals surface area contributed by atoms with E-state index in [0.717, 1.165) is 24.2 Å². The number of hydrogen-bond donors (Lipinski definition) is 0. The number of ether oxygens (including phenoxy) is 2. The molecule has 0 radical (unpaired) electrons. The van der Waals surface area contributed by atoms with Crippen molar-refractivity contribution in [1.29, 1.82) is 0 Å². The maximum absolute atomic E-state index is 13.4. The van der Waals surface area contributed by atoms with Crippen LogP contribution in [0.4, 0.5) is 0 Å². The molecule has 1 aliphatic rings. The van der Waals surface area contributed by atoms with Gasteiger partial charge in [-0.2, -0.15) is 0 Å². The number of amides is 1. The molecule has 6 heteroatoms. The van der Waals surface area contributed by atoms with Crippen molar-refractivity contribution in [2.75, 3.05) is 26.9 Å². The molecule has 1 aromatic heterocycles. The lowest BCUT2D eigenvalue weighted by Crippen LogP contribution is -2.31. The summed E-state index contributed by atoms with van der Waals surface area (Å²) in [6.45, 7) is 3.78. The second-order valence-corrected chi connectivity index (χ2v) is 7.69. The Labute approximate surface area is 181 Å². The molecular formula is C25H27NO5. The Morgan fingerprint density at radius 2 is 1.77 bits per heavy atom. The van der Waals surface area contributed by atoms with Gasteiger partial charge < -0.3 is 18.8 Å². The summed E-state index contributed by atoms with van der Waals surface area (Å²) in [6.07, 6.45) is 2.73. The number of rotatable bonds is 9. The molecule has 3 aromatic rings. The summed E-state index contributed by atoms with van der Waals surface area (Å²) in [7, 11) is 1.63. The molecule has 0 saturated heterocycles. The minimum Gasteiger partial charge on any atom is -0.494 e. The quantitative estimate of drug-likeness (QED) is 0.474. The minimum atomic E-state index is -0.495. The first kappa shape index (κ1) is 21.1. The Morgan fingerprint density at radius 1 is 1.00 bits per heavy atom. The lowest BCUT2D eigenvalue weighted by Gasteiger charge is -2.25. The number of carbonyl (C=O) groups is 1. The lowest BCUT2D eigenvalue weighted by molar-refractivity contribution is 0.0708. The van der Waals surface area contributed by atoms with Gasteiger partial charge in [0.25, 0.3) is 5.91 Å². The van der Waals surface area contributed by atoms with Crippen molar-refractivity contribution in [3.05, 3.63) is 75.6 Å². The Bertz CT molecular complexity index is 1120. The first-order valence-corrected chi connectivity index (χ1v) is 10.7. The predicted molar refractivity (Wildman–Crippen MR) is 119 cm³/mol. The second-order valence-electron chi connectivity index (χ2n) is 7.69. The van der Waals surface area contributed by atoms with Crippen LogP contribution in [-0.4, -0.2) is 37.7 Å². The largest absolute Gasteiger partial charge is 0.494 e. The van der Waals surface area contributed by atoms with Crippen molar-refractivity contribution >= 4 is 16.9 Å². The Kier molecular flexibility index (Phi) is 6.37. The number of para-hydroxylation sites is 1. The first-order valence-electron chi connectivity index (χ1n) is 10.7. The van der Waals surface area contributed by atoms with Crippen LogP contribution in [0.15, 0.2) is 57.7 Å². The second kappa shape index (κ2) is 9.35. The summed E-state index contributed by atoms with van der Waals surface area (Å²) in [4.78, 5) is 28.3. The molecule has 2 aromatic carbocycles. The number of carbonyl (C=O) groups excluding carboxylic acids is 1. The number of benzene rings is 2. The Morgan fingerprint density at radius 3 is 2.52 bits per heavy atom. The van der Waals surface area contributed by atoms with E-state index in [1.807, 2.05) is 24.3 Å². The van der Waals surface area contributed by atoms with Gasteiger partial charge in [0.2, 0.25) is 5.76 Å². The smallest absolute Gasteiger partial charge is 0.290 e. The fraction of sp³-hybridized carbons (Fsp3) is 0.360. The van der Waals surface area contributed by atoms with Crippen LogP contribution < -0.4 is 10.2 Å². The monoisotopic (exact) mass is 421 g/mol. The number of methoxy groups -OCH3 is 1. The molecule has 162 valence electrons. The molecule has 0 N–H and O–H groups in total. The van der Waals surface area contributed by atoms with Crippen LogP contribution in [0, 0.1) is 0 Å². The van der Waals surface area contributed by atoms with E-state index in [-0.39, 0.29) is 17.1 Å². The van der Waals surface area contributed by atoms with E-state index in [0.29, 0.717) is 42.7 Å². The van der Waals surface area contributed by atoms with Gasteiger partial charge in [0.05, 0.1) is 23.6 Å². The van der Waals surface area contributed by atoms with E-state index in [4.69, 9.17) is 13.9 Å². The summed E-state index contributed by atoms with van der Waals surface area (Å²) in [6, 6.07) is 14.2. The summed E-state index contributed by atoms with van der Waals surface area (Å²) in [5.41, 5.74) is 1.53. The van der Waals surface area contributed by atoms with E-state index < -0.39 is 6.04 Å². The van der Waals surface area contributed by atoms with Crippen LogP contribution in [0.3, 0.4) is 0 Å². The molecule has 6 nitrogen and oxygen atoms in total. The van der Waals surface area contributed by atoms with Gasteiger partial charge in [-0.15, -0.1) is 0 Å². The molecule has 0 unspecified atom stereocenters. The van der Waals surface area contributed by atoms with Crippen LogP contribution in [-0.2, 0) is 4.74 Å². The topological polar surface area (TPSA) is 69.0 Å². The fourth-order valence-electron chi connectivity index (χ4n) is 4.00. The maximum Gasteiger partial charge on any atom is 0.290 e. The summed E-state index contributed by atoms with van der Waals surface area (Å²) in [5, 5.41) is 0.484. The number of unbranched alkanes of at least 4 members (excludes halogenated alkanes) is 1. The van der Waals surface area contributed by atoms with Crippen LogP contribution in [0.1, 0.15) is 53.9 Å². The lowest BCUT2D eigenvalue weighted by atomic mass is 9.98. The van der Waals surface area contributed by atoms with Crippen LogP contribution in [0.2, 0.25) is 0 Å². The van der Waals surface area contributed by atoms with Crippen molar-refractivity contribution in [1.82, 2.24) is 4.90 Å². The van der Waals surface area contributed by atoms with Gasteiger partial charge in [0, 0.05) is 20.3 Å². The number of fused-ring (bicyclic) bond motifs is 2. The first-order chi connectivity index (χ1) is 15.2. The van der Waals surface area contributed by atoms with Gasteiger partial charge >= 0.3 is 0 Å². The maximum atomic E-state index is 13.4. The zero-order valence-electron chi connectivity index (χ0n) is 17.9. The van der Waals surface area contributed by atoms with E-state index in [1.54, 1.807) is 36.3 Å². The average molecular weight is 421 g/mol. The van der Waals surface area contributed by atoms with E-state index in [9.17, 15) is 9.59 Å². The van der Waals surface area contributed by atoms with Crippen molar-refractivity contribution in [2.24, 2.45) is 0 Å². The zero-order chi connectivity index (χ0) is 21.8. The van der Waals surface area contributed by atoms with Crippen molar-refractivity contribution in [2.45, 2.75) is 32.2 Å². The number of nitrogens with zero attached hydrogens (tertiary/aromatic N) is 1. The summed E-state index contributed by atoms with van der Waals surface area (Å²) >= 11 is 0. The van der Waals surface area contributed by atoms with E-state index >= 15 is 0 Å². The Balaban J connectivity index is 1.75. The molecule has 0 aliphatic carbocycles. The molecule has 4 rings (SSSR count). The Hall–Kier alpha value is -3.12. The van der Waals surface area contributed by atoms with Gasteiger partial charge in [-0.25, -0.2) is 0 Å². The van der Waals surface area contributed by atoms with Gasteiger partial charge in [0.15, 0.2) is 5.43 Å². The zero-order valence-corrected chi connectivity index (χ0v) is 17.9. The number of hydrogen-bond acceptors (Lipinski definition) is 5. The highest BCUT2D eigenvalue weighted by Crippen LogP contribution is 2.38. The van der Waals surface area contributed by atoms with Crippen molar-refractivity contribution < 1.29 is 18.7 Å². The molecule has 1 aliphatic heterocycles. The highest BCUT2D eigenvalue weighted by atomic mass is 16.5. The minimum absolute atomic E-state index is 0.134. The third kappa shape index (κ3) is 4.08. The molecule has 1 atom stereocenters. The molecule has 0 saturated carbocycles. The van der Waals surface area contributed by atoms with Gasteiger partial charge in [-0.3, -0.25) is 9.59 Å². The standard InChI is InChI=1S/C25H27NO5/c1-3-4-16-30-18-12-10-17(11-13-18)22-21-23(27)19-8-5-6-9-20(19)31-24(21)25(28)26(22)14-7-15-29-2/h5-6,8-13,22H,3-4,7,14-16H2,1-2H3/t22-/m0/s1. The summed E-state index contributed by atoms with van der Waals surface area (Å²) in [5.74, 6) is 0.648. The normalized spacial score (nSPS) is 15.5. The average Bonchev–Trinajstić information content (AvgIpc) is 3.07. The van der Waals surface area contributed by atoms with Crippen molar-refractivity contribution in [3.8, 4) is 5.75 Å². The third-order valence-electron chi connectivity index (χ3n) is 5.58. The molecular weight excluding hydrogens is 394 g/mol.